The molecule has 0 bridgehead atoms. The number of methoxy groups -OCH3 is 1. The Hall–Kier alpha value is -0.910. The van der Waals surface area contributed by atoms with Crippen molar-refractivity contribution < 1.29 is 9.47 Å². The van der Waals surface area contributed by atoms with Crippen LogP contribution in [0, 0.1) is 0 Å². The lowest BCUT2D eigenvalue weighted by Gasteiger charge is -2.41. The van der Waals surface area contributed by atoms with E-state index in [1.165, 1.54) is 0 Å². The standard InChI is InChI=1S/C14H25N3O2/c1-4-8-17-9-7-16-13(17)12(15-2)14(18-3)5-10-19-11-6-14/h7,9,12,15H,4-6,8,10-11H2,1-3H3. The highest BCUT2D eigenvalue weighted by Gasteiger charge is 2.42. The number of hydrogen-bond acceptors (Lipinski definition) is 4. The van der Waals surface area contributed by atoms with E-state index in [4.69, 9.17) is 9.47 Å². The van der Waals surface area contributed by atoms with Crippen LogP contribution in [0.3, 0.4) is 0 Å². The van der Waals surface area contributed by atoms with Crippen molar-refractivity contribution in [3.63, 3.8) is 0 Å². The van der Waals surface area contributed by atoms with Crippen LogP contribution in [-0.2, 0) is 16.0 Å². The molecule has 0 radical (unpaired) electrons. The lowest BCUT2D eigenvalue weighted by atomic mass is 9.85. The molecule has 1 saturated heterocycles. The molecule has 0 spiro atoms. The summed E-state index contributed by atoms with van der Waals surface area (Å²) in [6.07, 6.45) is 6.81. The molecule has 1 unspecified atom stereocenters. The van der Waals surface area contributed by atoms with E-state index in [-0.39, 0.29) is 11.6 Å². The third-order valence-corrected chi connectivity index (χ3v) is 4.03. The van der Waals surface area contributed by atoms with E-state index >= 15 is 0 Å². The van der Waals surface area contributed by atoms with Crippen molar-refractivity contribution in [3.8, 4) is 0 Å². The summed E-state index contributed by atoms with van der Waals surface area (Å²) < 4.78 is 13.6. The van der Waals surface area contributed by atoms with Crippen LogP contribution in [0.1, 0.15) is 38.1 Å². The highest BCUT2D eigenvalue weighted by molar-refractivity contribution is 5.09. The fourth-order valence-electron chi connectivity index (χ4n) is 2.97. The van der Waals surface area contributed by atoms with E-state index in [0.717, 1.165) is 44.8 Å². The van der Waals surface area contributed by atoms with Crippen LogP contribution < -0.4 is 5.32 Å². The number of likely N-dealkylation sites (N-methyl/N-ethyl adjacent to an activating group) is 1. The van der Waals surface area contributed by atoms with Gasteiger partial charge in [0.1, 0.15) is 5.82 Å². The largest absolute Gasteiger partial charge is 0.381 e. The molecule has 1 aromatic rings. The Balaban J connectivity index is 2.28. The Labute approximate surface area is 115 Å². The SMILES string of the molecule is CCCn1ccnc1C(NC)C1(OC)CCOCC1. The fraction of sp³-hybridized carbons (Fsp3) is 0.786. The predicted octanol–water partition coefficient (Wildman–Crippen LogP) is 1.75. The van der Waals surface area contributed by atoms with E-state index < -0.39 is 0 Å². The minimum atomic E-state index is -0.218. The Morgan fingerprint density at radius 2 is 2.26 bits per heavy atom. The predicted molar refractivity (Wildman–Crippen MR) is 74.1 cm³/mol. The maximum absolute atomic E-state index is 5.89. The lowest BCUT2D eigenvalue weighted by Crippen LogP contribution is -2.49. The molecule has 1 N–H and O–H groups in total. The van der Waals surface area contributed by atoms with Crippen molar-refractivity contribution >= 4 is 0 Å². The second-order valence-corrected chi connectivity index (χ2v) is 5.08. The smallest absolute Gasteiger partial charge is 0.128 e. The first-order valence-electron chi connectivity index (χ1n) is 7.08. The second-order valence-electron chi connectivity index (χ2n) is 5.08. The molecule has 0 amide bonds. The number of aryl methyl sites for hydroxylation is 1. The van der Waals surface area contributed by atoms with Crippen LogP contribution in [-0.4, -0.2) is 42.5 Å². The van der Waals surface area contributed by atoms with Gasteiger partial charge in [0.15, 0.2) is 0 Å². The first-order chi connectivity index (χ1) is 9.27. The van der Waals surface area contributed by atoms with Gasteiger partial charge in [-0.25, -0.2) is 4.98 Å². The van der Waals surface area contributed by atoms with Crippen LogP contribution in [0.2, 0.25) is 0 Å². The first kappa shape index (κ1) is 14.5. The van der Waals surface area contributed by atoms with E-state index in [0.29, 0.717) is 0 Å². The molecule has 5 heteroatoms. The Kier molecular flexibility index (Phi) is 4.96. The quantitative estimate of drug-likeness (QED) is 0.853. The van der Waals surface area contributed by atoms with Crippen molar-refractivity contribution in [2.24, 2.45) is 0 Å². The molecule has 2 rings (SSSR count). The molecule has 1 fully saturated rings. The summed E-state index contributed by atoms with van der Waals surface area (Å²) in [5.74, 6) is 1.06. The molecule has 1 aromatic heterocycles. The molecule has 19 heavy (non-hydrogen) atoms. The molecule has 1 aliphatic heterocycles. The molecule has 1 atom stereocenters. The number of ether oxygens (including phenoxy) is 2. The van der Waals surface area contributed by atoms with Crippen LogP contribution in [0.4, 0.5) is 0 Å². The van der Waals surface area contributed by atoms with Gasteiger partial charge in [0.25, 0.3) is 0 Å². The molecular weight excluding hydrogens is 242 g/mol. The summed E-state index contributed by atoms with van der Waals surface area (Å²) in [7, 11) is 3.77. The zero-order chi connectivity index (χ0) is 13.7. The van der Waals surface area contributed by atoms with Crippen molar-refractivity contribution in [2.75, 3.05) is 27.4 Å². The molecule has 5 nitrogen and oxygen atoms in total. The summed E-state index contributed by atoms with van der Waals surface area (Å²) in [6.45, 7) is 4.67. The summed E-state index contributed by atoms with van der Waals surface area (Å²) in [6, 6.07) is 0.1000. The minimum absolute atomic E-state index is 0.1000. The molecular formula is C14H25N3O2. The molecule has 1 aliphatic rings. The maximum Gasteiger partial charge on any atom is 0.128 e. The van der Waals surface area contributed by atoms with Crippen LogP contribution in [0.15, 0.2) is 12.4 Å². The number of rotatable bonds is 6. The Bertz CT molecular complexity index is 386. The normalized spacial score (nSPS) is 20.4. The van der Waals surface area contributed by atoms with Gasteiger partial charge >= 0.3 is 0 Å². The van der Waals surface area contributed by atoms with Crippen molar-refractivity contribution in [1.82, 2.24) is 14.9 Å². The van der Waals surface area contributed by atoms with E-state index in [9.17, 15) is 0 Å². The second kappa shape index (κ2) is 6.50. The van der Waals surface area contributed by atoms with Crippen LogP contribution in [0.25, 0.3) is 0 Å². The minimum Gasteiger partial charge on any atom is -0.381 e. The summed E-state index contributed by atoms with van der Waals surface area (Å²) in [4.78, 5) is 4.55. The average molecular weight is 267 g/mol. The topological polar surface area (TPSA) is 48.3 Å². The van der Waals surface area contributed by atoms with Gasteiger partial charge < -0.3 is 19.4 Å². The maximum atomic E-state index is 5.89. The lowest BCUT2D eigenvalue weighted by molar-refractivity contribution is -0.112. The van der Waals surface area contributed by atoms with Gasteiger partial charge in [-0.05, 0) is 13.5 Å². The van der Waals surface area contributed by atoms with E-state index in [1.807, 2.05) is 19.4 Å². The number of nitrogens with zero attached hydrogens (tertiary/aromatic N) is 2. The van der Waals surface area contributed by atoms with E-state index in [1.54, 1.807) is 7.11 Å². The monoisotopic (exact) mass is 267 g/mol. The van der Waals surface area contributed by atoms with Gasteiger partial charge in [-0.15, -0.1) is 0 Å². The highest BCUT2D eigenvalue weighted by atomic mass is 16.5. The van der Waals surface area contributed by atoms with Gasteiger partial charge in [-0.3, -0.25) is 0 Å². The zero-order valence-corrected chi connectivity index (χ0v) is 12.2. The van der Waals surface area contributed by atoms with Crippen LogP contribution >= 0.6 is 0 Å². The third kappa shape index (κ3) is 2.83. The molecule has 108 valence electrons. The van der Waals surface area contributed by atoms with Gasteiger partial charge in [0, 0.05) is 52.1 Å². The Morgan fingerprint density at radius 1 is 1.53 bits per heavy atom. The van der Waals surface area contributed by atoms with Crippen LogP contribution in [0.5, 0.6) is 0 Å². The van der Waals surface area contributed by atoms with Crippen molar-refractivity contribution in [2.45, 2.75) is 44.4 Å². The Morgan fingerprint density at radius 3 is 2.84 bits per heavy atom. The molecule has 0 aromatic carbocycles. The van der Waals surface area contributed by atoms with Gasteiger partial charge in [0.05, 0.1) is 11.6 Å². The summed E-state index contributed by atoms with van der Waals surface area (Å²) >= 11 is 0. The fourth-order valence-corrected chi connectivity index (χ4v) is 2.97. The average Bonchev–Trinajstić information content (AvgIpc) is 2.89. The third-order valence-electron chi connectivity index (χ3n) is 4.03. The molecule has 0 saturated carbocycles. The van der Waals surface area contributed by atoms with Crippen molar-refractivity contribution in [1.29, 1.82) is 0 Å². The number of imidazole rings is 1. The van der Waals surface area contributed by atoms with Gasteiger partial charge in [-0.2, -0.15) is 0 Å². The summed E-state index contributed by atoms with van der Waals surface area (Å²) in [5, 5.41) is 3.40. The van der Waals surface area contributed by atoms with Gasteiger partial charge in [0.2, 0.25) is 0 Å². The number of aromatic nitrogens is 2. The first-order valence-corrected chi connectivity index (χ1v) is 7.08. The summed E-state index contributed by atoms with van der Waals surface area (Å²) in [5.41, 5.74) is -0.218. The van der Waals surface area contributed by atoms with Gasteiger partial charge in [-0.1, -0.05) is 6.92 Å². The number of hydrogen-bond donors (Lipinski definition) is 1. The highest BCUT2D eigenvalue weighted by Crippen LogP contribution is 2.36. The van der Waals surface area contributed by atoms with Crippen molar-refractivity contribution in [3.05, 3.63) is 18.2 Å². The molecule has 0 aliphatic carbocycles. The zero-order valence-electron chi connectivity index (χ0n) is 12.2. The number of nitrogens with one attached hydrogen (secondary N) is 1. The van der Waals surface area contributed by atoms with E-state index in [2.05, 4.69) is 21.8 Å². The molecule has 2 heterocycles.